The summed E-state index contributed by atoms with van der Waals surface area (Å²) in [5, 5.41) is 7.29. The number of aryl methyl sites for hydroxylation is 2. The molecule has 0 spiro atoms. The van der Waals surface area contributed by atoms with Crippen molar-refractivity contribution in [1.82, 2.24) is 19.9 Å². The Hall–Kier alpha value is -2.38. The number of aromatic nitrogens is 4. The molecular weight excluding hydrogens is 326 g/mol. The van der Waals surface area contributed by atoms with Crippen LogP contribution in [-0.2, 0) is 0 Å². The number of nitrogens with one attached hydrogen (secondary N) is 1. The molecular formula is C16H13N5S2. The van der Waals surface area contributed by atoms with E-state index < -0.39 is 0 Å². The van der Waals surface area contributed by atoms with Crippen LogP contribution in [0, 0.1) is 13.8 Å². The number of anilines is 2. The summed E-state index contributed by atoms with van der Waals surface area (Å²) in [6.07, 6.45) is 5.49. The summed E-state index contributed by atoms with van der Waals surface area (Å²) >= 11 is 3.27. The summed E-state index contributed by atoms with van der Waals surface area (Å²) in [6, 6.07) is 3.97. The van der Waals surface area contributed by atoms with Crippen LogP contribution in [0.3, 0.4) is 0 Å². The third kappa shape index (κ3) is 2.69. The number of nitrogens with zero attached hydrogens (tertiary/aromatic N) is 4. The first kappa shape index (κ1) is 14.2. The van der Waals surface area contributed by atoms with E-state index in [4.69, 9.17) is 0 Å². The van der Waals surface area contributed by atoms with E-state index in [1.54, 1.807) is 28.9 Å². The normalized spacial score (nSPS) is 11.0. The second-order valence-electron chi connectivity index (χ2n) is 5.05. The highest BCUT2D eigenvalue weighted by molar-refractivity contribution is 7.19. The molecule has 0 atom stereocenters. The molecule has 4 aromatic rings. The van der Waals surface area contributed by atoms with Gasteiger partial charge in [-0.15, -0.1) is 22.7 Å². The molecule has 5 nitrogen and oxygen atoms in total. The van der Waals surface area contributed by atoms with Crippen molar-refractivity contribution in [2.75, 3.05) is 5.32 Å². The summed E-state index contributed by atoms with van der Waals surface area (Å²) in [7, 11) is 0. The van der Waals surface area contributed by atoms with Crippen molar-refractivity contribution in [3.63, 3.8) is 0 Å². The van der Waals surface area contributed by atoms with Crippen molar-refractivity contribution in [3.05, 3.63) is 46.1 Å². The maximum absolute atomic E-state index is 4.65. The Kier molecular flexibility index (Phi) is 3.51. The minimum absolute atomic E-state index is 0.738. The molecule has 0 amide bonds. The summed E-state index contributed by atoms with van der Waals surface area (Å²) in [4.78, 5) is 17.9. The predicted octanol–water partition coefficient (Wildman–Crippen LogP) is 4.57. The minimum atomic E-state index is 0.738. The van der Waals surface area contributed by atoms with Gasteiger partial charge in [0, 0.05) is 35.1 Å². The highest BCUT2D eigenvalue weighted by Gasteiger charge is 2.14. The molecule has 4 rings (SSSR count). The van der Waals surface area contributed by atoms with Gasteiger partial charge in [0.2, 0.25) is 0 Å². The quantitative estimate of drug-likeness (QED) is 0.592. The van der Waals surface area contributed by atoms with Gasteiger partial charge < -0.3 is 5.32 Å². The number of hydrogen-bond donors (Lipinski definition) is 1. The molecule has 114 valence electrons. The van der Waals surface area contributed by atoms with Crippen molar-refractivity contribution in [2.24, 2.45) is 0 Å². The van der Waals surface area contributed by atoms with Gasteiger partial charge in [-0.1, -0.05) is 6.07 Å². The summed E-state index contributed by atoms with van der Waals surface area (Å²) < 4.78 is 1.11. The third-order valence-corrected chi connectivity index (χ3v) is 5.14. The maximum Gasteiger partial charge on any atom is 0.159 e. The summed E-state index contributed by atoms with van der Waals surface area (Å²) in [5.41, 5.74) is 2.97. The Morgan fingerprint density at radius 2 is 2.00 bits per heavy atom. The van der Waals surface area contributed by atoms with Crippen LogP contribution in [0.1, 0.15) is 10.0 Å². The number of hydrogen-bond acceptors (Lipinski definition) is 7. The van der Waals surface area contributed by atoms with Gasteiger partial charge in [0.25, 0.3) is 0 Å². The van der Waals surface area contributed by atoms with Crippen LogP contribution in [0.5, 0.6) is 0 Å². The fraction of sp³-hybridized carbons (Fsp3) is 0.125. The largest absolute Gasteiger partial charge is 0.322 e. The monoisotopic (exact) mass is 339 g/mol. The van der Waals surface area contributed by atoms with E-state index in [1.807, 2.05) is 43.8 Å². The number of thiazole rings is 2. The fourth-order valence-corrected chi connectivity index (χ4v) is 3.88. The molecule has 23 heavy (non-hydrogen) atoms. The first-order chi connectivity index (χ1) is 11.2. The smallest absolute Gasteiger partial charge is 0.159 e. The van der Waals surface area contributed by atoms with E-state index in [0.717, 1.165) is 43.0 Å². The number of pyridine rings is 2. The van der Waals surface area contributed by atoms with Gasteiger partial charge >= 0.3 is 0 Å². The van der Waals surface area contributed by atoms with E-state index in [1.165, 1.54) is 0 Å². The van der Waals surface area contributed by atoms with Crippen LogP contribution < -0.4 is 5.32 Å². The van der Waals surface area contributed by atoms with Crippen LogP contribution in [0.2, 0.25) is 0 Å². The highest BCUT2D eigenvalue weighted by Crippen LogP contribution is 2.36. The van der Waals surface area contributed by atoms with E-state index in [2.05, 4.69) is 25.3 Å². The highest BCUT2D eigenvalue weighted by atomic mass is 32.1. The minimum Gasteiger partial charge on any atom is -0.322 e. The average molecular weight is 339 g/mol. The first-order valence-corrected chi connectivity index (χ1v) is 8.76. The molecule has 0 aromatic carbocycles. The van der Waals surface area contributed by atoms with Crippen LogP contribution in [0.4, 0.5) is 11.6 Å². The molecule has 0 aliphatic rings. The lowest BCUT2D eigenvalue weighted by molar-refractivity contribution is 1.24. The van der Waals surface area contributed by atoms with Gasteiger partial charge in [-0.25, -0.2) is 15.0 Å². The van der Waals surface area contributed by atoms with Crippen molar-refractivity contribution in [2.45, 2.75) is 13.8 Å². The van der Waals surface area contributed by atoms with Gasteiger partial charge in [0.05, 0.1) is 14.7 Å². The van der Waals surface area contributed by atoms with Crippen molar-refractivity contribution < 1.29 is 0 Å². The lowest BCUT2D eigenvalue weighted by Gasteiger charge is -2.06. The first-order valence-electron chi connectivity index (χ1n) is 7.06. The Bertz CT molecular complexity index is 975. The molecule has 0 saturated carbocycles. The Labute approximate surface area is 141 Å². The molecule has 0 fully saturated rings. The van der Waals surface area contributed by atoms with Crippen molar-refractivity contribution in [1.29, 1.82) is 0 Å². The van der Waals surface area contributed by atoms with Crippen LogP contribution in [-0.4, -0.2) is 19.9 Å². The second-order valence-corrected chi connectivity index (χ2v) is 7.31. The standard InChI is InChI=1S/C16H13N5S2/c1-9-19-13(8-22-9)21-16-14-15(23-10(2)20-14)12(7-18-16)11-4-3-5-17-6-11/h3-8H,1-2H3,(H,18,21). The van der Waals surface area contributed by atoms with Crippen LogP contribution in [0.15, 0.2) is 36.1 Å². The average Bonchev–Trinajstić information content (AvgIpc) is 3.14. The van der Waals surface area contributed by atoms with Gasteiger partial charge in [0.1, 0.15) is 11.3 Å². The zero-order chi connectivity index (χ0) is 15.8. The van der Waals surface area contributed by atoms with Crippen LogP contribution in [0.25, 0.3) is 21.3 Å². The van der Waals surface area contributed by atoms with E-state index in [9.17, 15) is 0 Å². The van der Waals surface area contributed by atoms with Gasteiger partial charge in [-0.2, -0.15) is 0 Å². The summed E-state index contributed by atoms with van der Waals surface area (Å²) in [6.45, 7) is 3.99. The predicted molar refractivity (Wildman–Crippen MR) is 95.5 cm³/mol. The molecule has 0 saturated heterocycles. The molecule has 0 unspecified atom stereocenters. The SMILES string of the molecule is Cc1nc(Nc2ncc(-c3cccnc3)c3sc(C)nc23)cs1. The maximum atomic E-state index is 4.65. The van der Waals surface area contributed by atoms with Gasteiger partial charge in [0.15, 0.2) is 5.82 Å². The van der Waals surface area contributed by atoms with E-state index in [-0.39, 0.29) is 0 Å². The molecule has 0 radical (unpaired) electrons. The lowest BCUT2D eigenvalue weighted by atomic mass is 10.1. The zero-order valence-corrected chi connectivity index (χ0v) is 14.2. The van der Waals surface area contributed by atoms with Crippen LogP contribution >= 0.6 is 22.7 Å². The van der Waals surface area contributed by atoms with Crippen molar-refractivity contribution in [3.8, 4) is 11.1 Å². The molecule has 4 aromatic heterocycles. The van der Waals surface area contributed by atoms with E-state index >= 15 is 0 Å². The van der Waals surface area contributed by atoms with E-state index in [0.29, 0.717) is 0 Å². The summed E-state index contributed by atoms with van der Waals surface area (Å²) in [5.74, 6) is 1.54. The zero-order valence-electron chi connectivity index (χ0n) is 12.6. The molecule has 0 aliphatic carbocycles. The fourth-order valence-electron chi connectivity index (χ4n) is 2.38. The number of rotatable bonds is 3. The Morgan fingerprint density at radius 1 is 1.09 bits per heavy atom. The number of fused-ring (bicyclic) bond motifs is 1. The Morgan fingerprint density at radius 3 is 2.74 bits per heavy atom. The molecule has 4 heterocycles. The molecule has 0 bridgehead atoms. The van der Waals surface area contributed by atoms with Crippen molar-refractivity contribution >= 4 is 44.5 Å². The van der Waals surface area contributed by atoms with Gasteiger partial charge in [-0.05, 0) is 19.9 Å². The Balaban J connectivity index is 1.85. The lowest BCUT2D eigenvalue weighted by Crippen LogP contribution is -1.96. The third-order valence-electron chi connectivity index (χ3n) is 3.36. The molecule has 7 heteroatoms. The topological polar surface area (TPSA) is 63.6 Å². The molecule has 0 aliphatic heterocycles. The second kappa shape index (κ2) is 5.68. The van der Waals surface area contributed by atoms with Gasteiger partial charge in [-0.3, -0.25) is 4.98 Å². The molecule has 1 N–H and O–H groups in total.